The number of anilines is 1. The first-order valence-electron chi connectivity index (χ1n) is 8.34. The quantitative estimate of drug-likeness (QED) is 0.315. The number of allylic oxidation sites excluding steroid dienone is 1. The van der Waals surface area contributed by atoms with Gasteiger partial charge in [0.05, 0.1) is 16.8 Å². The molecule has 0 aliphatic carbocycles. The van der Waals surface area contributed by atoms with Crippen LogP contribution in [0.2, 0.25) is 0 Å². The standard InChI is InChI=1S/C21H21N2S2.HI/c1-5-10-23-16-8-6-15(3)12-19(16)25-21(23)13-20-22(4)17-11-14(2)7-9-18(17)24-20;/h5-9,11-13H,1,10H2,2-4H3;1H/q+1;/p-1. The SMILES string of the molecule is C=CC[n+]1c(C=C2Sc3ccc(C)cc3N2C)sc2cc(C)ccc21.[I-]. The molecule has 0 bridgehead atoms. The van der Waals surface area contributed by atoms with Gasteiger partial charge in [-0.3, -0.25) is 0 Å². The molecule has 0 radical (unpaired) electrons. The average Bonchev–Trinajstić information content (AvgIpc) is 3.07. The predicted molar refractivity (Wildman–Crippen MR) is 110 cm³/mol. The van der Waals surface area contributed by atoms with Crippen LogP contribution in [0.4, 0.5) is 5.69 Å². The molecule has 0 atom stereocenters. The van der Waals surface area contributed by atoms with E-state index in [1.807, 2.05) is 29.2 Å². The van der Waals surface area contributed by atoms with Crippen LogP contribution >= 0.6 is 23.1 Å². The Kier molecular flexibility index (Phi) is 5.79. The normalized spacial score (nSPS) is 14.6. The largest absolute Gasteiger partial charge is 1.00 e. The number of fused-ring (bicyclic) bond motifs is 2. The Labute approximate surface area is 180 Å². The highest BCUT2D eigenvalue weighted by molar-refractivity contribution is 8.03. The molecule has 0 saturated carbocycles. The highest BCUT2D eigenvalue weighted by Crippen LogP contribution is 2.46. The molecular weight excluding hydrogens is 471 g/mol. The third kappa shape index (κ3) is 3.44. The van der Waals surface area contributed by atoms with Crippen molar-refractivity contribution in [2.24, 2.45) is 0 Å². The van der Waals surface area contributed by atoms with Gasteiger partial charge in [0.25, 0.3) is 5.01 Å². The number of thiazole rings is 1. The van der Waals surface area contributed by atoms with E-state index in [4.69, 9.17) is 0 Å². The van der Waals surface area contributed by atoms with Gasteiger partial charge in [0.2, 0.25) is 5.52 Å². The van der Waals surface area contributed by atoms with Crippen molar-refractivity contribution in [3.8, 4) is 0 Å². The molecule has 2 heterocycles. The second kappa shape index (κ2) is 7.74. The van der Waals surface area contributed by atoms with Crippen molar-refractivity contribution in [3.05, 3.63) is 70.2 Å². The molecule has 4 rings (SSSR count). The van der Waals surface area contributed by atoms with E-state index in [1.54, 1.807) is 0 Å². The Morgan fingerprint density at radius 1 is 1.12 bits per heavy atom. The molecule has 0 fully saturated rings. The molecule has 5 heteroatoms. The number of rotatable bonds is 3. The Hall–Kier alpha value is -1.31. The molecule has 1 aliphatic rings. The van der Waals surface area contributed by atoms with Crippen LogP contribution in [-0.4, -0.2) is 7.05 Å². The third-order valence-electron chi connectivity index (χ3n) is 4.47. The molecular formula is C21H21IN2S2. The summed E-state index contributed by atoms with van der Waals surface area (Å²) in [7, 11) is 2.15. The van der Waals surface area contributed by atoms with Gasteiger partial charge >= 0.3 is 0 Å². The predicted octanol–water partition coefficient (Wildman–Crippen LogP) is 2.54. The minimum atomic E-state index is 0. The van der Waals surface area contributed by atoms with Gasteiger partial charge in [-0.05, 0) is 49.2 Å². The summed E-state index contributed by atoms with van der Waals surface area (Å²) in [6.45, 7) is 9.05. The van der Waals surface area contributed by atoms with Crippen LogP contribution in [0.15, 0.2) is 59.0 Å². The second-order valence-electron chi connectivity index (χ2n) is 6.43. The Bertz CT molecular complexity index is 1020. The molecule has 0 unspecified atom stereocenters. The van der Waals surface area contributed by atoms with Crippen LogP contribution in [0.3, 0.4) is 0 Å². The van der Waals surface area contributed by atoms with Crippen LogP contribution in [-0.2, 0) is 6.54 Å². The zero-order valence-electron chi connectivity index (χ0n) is 15.1. The minimum Gasteiger partial charge on any atom is -1.00 e. The second-order valence-corrected chi connectivity index (χ2v) is 8.55. The van der Waals surface area contributed by atoms with E-state index in [9.17, 15) is 0 Å². The van der Waals surface area contributed by atoms with E-state index in [0.29, 0.717) is 0 Å². The van der Waals surface area contributed by atoms with Crippen molar-refractivity contribution in [1.29, 1.82) is 0 Å². The maximum atomic E-state index is 3.94. The van der Waals surface area contributed by atoms with E-state index >= 15 is 0 Å². The van der Waals surface area contributed by atoms with Crippen molar-refractivity contribution >= 4 is 45.1 Å². The topological polar surface area (TPSA) is 7.12 Å². The van der Waals surface area contributed by atoms with Gasteiger partial charge in [-0.25, -0.2) is 0 Å². The summed E-state index contributed by atoms with van der Waals surface area (Å²) in [6.07, 6.45) is 4.28. The molecule has 134 valence electrons. The monoisotopic (exact) mass is 492 g/mol. The van der Waals surface area contributed by atoms with Gasteiger partial charge in [0.15, 0.2) is 6.54 Å². The molecule has 3 aromatic rings. The molecule has 2 nitrogen and oxygen atoms in total. The van der Waals surface area contributed by atoms with Gasteiger partial charge in [-0.1, -0.05) is 41.8 Å². The minimum absolute atomic E-state index is 0. The number of aromatic nitrogens is 1. The summed E-state index contributed by atoms with van der Waals surface area (Å²) < 4.78 is 3.68. The number of benzene rings is 2. The maximum absolute atomic E-state index is 3.94. The first-order valence-corrected chi connectivity index (χ1v) is 9.98. The molecule has 0 amide bonds. The summed E-state index contributed by atoms with van der Waals surface area (Å²) in [5.74, 6) is 0. The maximum Gasteiger partial charge on any atom is 0.265 e. The van der Waals surface area contributed by atoms with Crippen molar-refractivity contribution < 1.29 is 28.5 Å². The van der Waals surface area contributed by atoms with Crippen LogP contribution in [0.5, 0.6) is 0 Å². The Balaban J connectivity index is 0.00000196. The molecule has 0 spiro atoms. The Morgan fingerprint density at radius 3 is 2.62 bits per heavy atom. The van der Waals surface area contributed by atoms with E-state index in [0.717, 1.165) is 6.54 Å². The first kappa shape index (κ1) is 19.5. The lowest BCUT2D eigenvalue weighted by molar-refractivity contribution is -0.658. The lowest BCUT2D eigenvalue weighted by atomic mass is 10.2. The van der Waals surface area contributed by atoms with E-state index in [-0.39, 0.29) is 24.0 Å². The van der Waals surface area contributed by atoms with Crippen LogP contribution < -0.4 is 33.4 Å². The average molecular weight is 492 g/mol. The molecule has 0 N–H and O–H groups in total. The summed E-state index contributed by atoms with van der Waals surface area (Å²) >= 11 is 3.69. The number of aryl methyl sites for hydroxylation is 2. The van der Waals surface area contributed by atoms with E-state index < -0.39 is 0 Å². The van der Waals surface area contributed by atoms with Crippen molar-refractivity contribution in [2.75, 3.05) is 11.9 Å². The third-order valence-corrected chi connectivity index (χ3v) is 6.73. The van der Waals surface area contributed by atoms with Crippen LogP contribution in [0.1, 0.15) is 16.1 Å². The van der Waals surface area contributed by atoms with E-state index in [1.165, 1.54) is 42.0 Å². The molecule has 2 aromatic carbocycles. The van der Waals surface area contributed by atoms with E-state index in [2.05, 4.69) is 79.4 Å². The van der Waals surface area contributed by atoms with Crippen molar-refractivity contribution in [3.63, 3.8) is 0 Å². The fraction of sp³-hybridized carbons (Fsp3) is 0.190. The zero-order chi connectivity index (χ0) is 17.6. The number of nitrogens with zero attached hydrogens (tertiary/aromatic N) is 2. The van der Waals surface area contributed by atoms with Crippen LogP contribution in [0.25, 0.3) is 16.3 Å². The fourth-order valence-electron chi connectivity index (χ4n) is 3.14. The lowest BCUT2D eigenvalue weighted by Gasteiger charge is -2.13. The lowest BCUT2D eigenvalue weighted by Crippen LogP contribution is -3.00. The Morgan fingerprint density at radius 2 is 1.85 bits per heavy atom. The summed E-state index contributed by atoms with van der Waals surface area (Å²) in [4.78, 5) is 3.62. The fourth-order valence-corrected chi connectivity index (χ4v) is 5.49. The zero-order valence-corrected chi connectivity index (χ0v) is 18.9. The number of thioether (sulfide) groups is 1. The molecule has 1 aromatic heterocycles. The number of hydrogen-bond donors (Lipinski definition) is 0. The van der Waals surface area contributed by atoms with Gasteiger partial charge in [-0.15, -0.1) is 0 Å². The highest BCUT2D eigenvalue weighted by atomic mass is 127. The highest BCUT2D eigenvalue weighted by Gasteiger charge is 2.25. The molecule has 0 saturated heterocycles. The summed E-state index contributed by atoms with van der Waals surface area (Å²) in [5.41, 5.74) is 5.17. The first-order chi connectivity index (χ1) is 12.1. The van der Waals surface area contributed by atoms with Crippen molar-refractivity contribution in [2.45, 2.75) is 25.3 Å². The molecule has 1 aliphatic heterocycles. The number of halogens is 1. The molecule has 26 heavy (non-hydrogen) atoms. The van der Waals surface area contributed by atoms with Crippen molar-refractivity contribution in [1.82, 2.24) is 0 Å². The van der Waals surface area contributed by atoms with Gasteiger partial charge in [0.1, 0.15) is 4.70 Å². The summed E-state index contributed by atoms with van der Waals surface area (Å²) in [6, 6.07) is 13.3. The van der Waals surface area contributed by atoms with Gasteiger partial charge < -0.3 is 28.9 Å². The smallest absolute Gasteiger partial charge is 0.265 e. The van der Waals surface area contributed by atoms with Gasteiger partial charge in [-0.2, -0.15) is 4.57 Å². The van der Waals surface area contributed by atoms with Crippen LogP contribution in [0, 0.1) is 13.8 Å². The van der Waals surface area contributed by atoms with Gasteiger partial charge in [0, 0.05) is 18.0 Å². The number of hydrogen-bond acceptors (Lipinski definition) is 3. The summed E-state index contributed by atoms with van der Waals surface area (Å²) in [5, 5.41) is 2.53.